The van der Waals surface area contributed by atoms with Gasteiger partial charge in [0.15, 0.2) is 11.5 Å². The fraction of sp³-hybridized carbons (Fsp3) is 0.227. The Bertz CT molecular complexity index is 1230. The first-order chi connectivity index (χ1) is 14.7. The van der Waals surface area contributed by atoms with E-state index in [1.54, 1.807) is 21.3 Å². The van der Waals surface area contributed by atoms with Gasteiger partial charge in [0.1, 0.15) is 11.4 Å². The van der Waals surface area contributed by atoms with Crippen LogP contribution in [0.5, 0.6) is 17.2 Å². The van der Waals surface area contributed by atoms with Crippen molar-refractivity contribution in [1.29, 1.82) is 0 Å². The van der Waals surface area contributed by atoms with Gasteiger partial charge in [0.25, 0.3) is 5.89 Å². The molecule has 0 saturated heterocycles. The minimum absolute atomic E-state index is 0.408. The maximum Gasteiger partial charge on any atom is 0.276 e. The molecule has 5 rings (SSSR count). The number of fused-ring (bicyclic) bond motifs is 3. The summed E-state index contributed by atoms with van der Waals surface area (Å²) < 4.78 is 21.6. The van der Waals surface area contributed by atoms with Crippen LogP contribution in [0.4, 0.5) is 0 Å². The summed E-state index contributed by atoms with van der Waals surface area (Å²) in [6.45, 7) is 0. The predicted molar refractivity (Wildman–Crippen MR) is 110 cm³/mol. The zero-order valence-electron chi connectivity index (χ0n) is 16.9. The molecule has 2 aromatic heterocycles. The highest BCUT2D eigenvalue weighted by Crippen LogP contribution is 2.38. The van der Waals surface area contributed by atoms with Gasteiger partial charge in [0.2, 0.25) is 5.82 Å². The van der Waals surface area contributed by atoms with Crippen LogP contribution < -0.4 is 14.2 Å². The van der Waals surface area contributed by atoms with E-state index in [9.17, 15) is 0 Å². The zero-order chi connectivity index (χ0) is 20.7. The SMILES string of the molecule is COc1ccc2c(c1)CCc1c-2n[nH]c1-c1nc(-c2ccc(OC)c(OC)c2)no1. The standard InChI is InChI=1S/C22H20N4O4/c1-27-14-6-8-15-12(10-14)4-7-16-19(15)24-25-20(16)22-23-21(26-30-22)13-5-9-17(28-2)18(11-13)29-3/h5-6,8-11H,4,7H2,1-3H3,(H,24,25). The Hall–Kier alpha value is -3.81. The molecule has 152 valence electrons. The molecule has 0 saturated carbocycles. The van der Waals surface area contributed by atoms with Gasteiger partial charge in [0, 0.05) is 16.7 Å². The Morgan fingerprint density at radius 2 is 1.80 bits per heavy atom. The molecule has 1 aliphatic carbocycles. The minimum atomic E-state index is 0.408. The lowest BCUT2D eigenvalue weighted by atomic mass is 9.89. The number of nitrogens with zero attached hydrogens (tertiary/aromatic N) is 3. The van der Waals surface area contributed by atoms with Crippen molar-refractivity contribution in [2.75, 3.05) is 21.3 Å². The van der Waals surface area contributed by atoms with Crippen LogP contribution in [0, 0.1) is 0 Å². The number of aromatic nitrogens is 4. The first-order valence-corrected chi connectivity index (χ1v) is 9.53. The van der Waals surface area contributed by atoms with Crippen LogP contribution >= 0.6 is 0 Å². The van der Waals surface area contributed by atoms with Crippen molar-refractivity contribution in [3.63, 3.8) is 0 Å². The number of benzene rings is 2. The number of hydrogen-bond donors (Lipinski definition) is 1. The molecule has 0 atom stereocenters. The first-order valence-electron chi connectivity index (χ1n) is 9.53. The van der Waals surface area contributed by atoms with E-state index in [0.29, 0.717) is 23.2 Å². The minimum Gasteiger partial charge on any atom is -0.497 e. The third-order valence-corrected chi connectivity index (χ3v) is 5.36. The highest BCUT2D eigenvalue weighted by Gasteiger charge is 2.26. The molecule has 0 aliphatic heterocycles. The summed E-state index contributed by atoms with van der Waals surface area (Å²) in [5.74, 6) is 2.97. The lowest BCUT2D eigenvalue weighted by molar-refractivity contribution is 0.355. The van der Waals surface area contributed by atoms with Crippen molar-refractivity contribution in [3.8, 4) is 51.5 Å². The van der Waals surface area contributed by atoms with E-state index in [2.05, 4.69) is 26.4 Å². The summed E-state index contributed by atoms with van der Waals surface area (Å²) >= 11 is 0. The zero-order valence-corrected chi connectivity index (χ0v) is 16.9. The van der Waals surface area contributed by atoms with Crippen LogP contribution in [0.15, 0.2) is 40.9 Å². The number of rotatable bonds is 5. The summed E-state index contributed by atoms with van der Waals surface area (Å²) in [5.41, 5.74) is 5.84. The molecule has 4 aromatic rings. The number of hydrogen-bond acceptors (Lipinski definition) is 7. The Labute approximate surface area is 172 Å². The van der Waals surface area contributed by atoms with Gasteiger partial charge < -0.3 is 18.7 Å². The third-order valence-electron chi connectivity index (χ3n) is 5.36. The van der Waals surface area contributed by atoms with Gasteiger partial charge in [-0.3, -0.25) is 5.10 Å². The van der Waals surface area contributed by atoms with Crippen LogP contribution in [0.2, 0.25) is 0 Å². The summed E-state index contributed by atoms with van der Waals surface area (Å²) in [4.78, 5) is 4.58. The molecule has 0 spiro atoms. The molecule has 0 amide bonds. The van der Waals surface area contributed by atoms with Gasteiger partial charge in [0.05, 0.1) is 27.0 Å². The number of methoxy groups -OCH3 is 3. The van der Waals surface area contributed by atoms with Crippen molar-refractivity contribution in [2.24, 2.45) is 0 Å². The highest BCUT2D eigenvalue weighted by molar-refractivity contribution is 5.76. The molecule has 0 radical (unpaired) electrons. The Morgan fingerprint density at radius 3 is 2.60 bits per heavy atom. The largest absolute Gasteiger partial charge is 0.497 e. The summed E-state index contributed by atoms with van der Waals surface area (Å²) in [7, 11) is 4.86. The lowest BCUT2D eigenvalue weighted by Gasteiger charge is -2.16. The lowest BCUT2D eigenvalue weighted by Crippen LogP contribution is -2.04. The van der Waals surface area contributed by atoms with Crippen molar-refractivity contribution in [1.82, 2.24) is 20.3 Å². The van der Waals surface area contributed by atoms with Crippen LogP contribution in [0.3, 0.4) is 0 Å². The molecule has 30 heavy (non-hydrogen) atoms. The van der Waals surface area contributed by atoms with Crippen molar-refractivity contribution in [3.05, 3.63) is 47.5 Å². The van der Waals surface area contributed by atoms with Crippen LogP contribution in [-0.4, -0.2) is 41.7 Å². The van der Waals surface area contributed by atoms with Crippen molar-refractivity contribution >= 4 is 0 Å². The maximum absolute atomic E-state index is 5.56. The van der Waals surface area contributed by atoms with Gasteiger partial charge in [-0.15, -0.1) is 0 Å². The van der Waals surface area contributed by atoms with Crippen LogP contribution in [0.25, 0.3) is 34.2 Å². The molecule has 1 aliphatic rings. The van der Waals surface area contributed by atoms with Gasteiger partial charge >= 0.3 is 0 Å². The van der Waals surface area contributed by atoms with Gasteiger partial charge in [-0.25, -0.2) is 0 Å². The molecule has 0 unspecified atom stereocenters. The topological polar surface area (TPSA) is 95.3 Å². The molecule has 2 aromatic carbocycles. The van der Waals surface area contributed by atoms with E-state index >= 15 is 0 Å². The fourth-order valence-corrected chi connectivity index (χ4v) is 3.82. The van der Waals surface area contributed by atoms with E-state index in [1.807, 2.05) is 30.3 Å². The molecular formula is C22H20N4O4. The summed E-state index contributed by atoms with van der Waals surface area (Å²) in [6, 6.07) is 11.5. The quantitative estimate of drug-likeness (QED) is 0.539. The van der Waals surface area contributed by atoms with Gasteiger partial charge in [-0.1, -0.05) is 5.16 Å². The second-order valence-electron chi connectivity index (χ2n) is 6.94. The van der Waals surface area contributed by atoms with E-state index in [4.69, 9.17) is 18.7 Å². The molecule has 0 fully saturated rings. The van der Waals surface area contributed by atoms with Gasteiger partial charge in [-0.2, -0.15) is 10.1 Å². The normalized spacial score (nSPS) is 12.2. The van der Waals surface area contributed by atoms with E-state index in [1.165, 1.54) is 5.56 Å². The number of aryl methyl sites for hydroxylation is 1. The Morgan fingerprint density at radius 1 is 0.933 bits per heavy atom. The Kier molecular flexibility index (Phi) is 4.39. The van der Waals surface area contributed by atoms with Crippen molar-refractivity contribution in [2.45, 2.75) is 12.8 Å². The average molecular weight is 404 g/mol. The number of nitrogens with one attached hydrogen (secondary N) is 1. The van der Waals surface area contributed by atoms with Gasteiger partial charge in [-0.05, 0) is 54.8 Å². The van der Waals surface area contributed by atoms with E-state index in [-0.39, 0.29) is 0 Å². The van der Waals surface area contributed by atoms with Crippen molar-refractivity contribution < 1.29 is 18.7 Å². The molecule has 2 heterocycles. The number of aromatic amines is 1. The maximum atomic E-state index is 5.56. The molecule has 1 N–H and O–H groups in total. The molecule has 8 nitrogen and oxygen atoms in total. The molecule has 8 heteroatoms. The summed E-state index contributed by atoms with van der Waals surface area (Å²) in [5, 5.41) is 11.8. The average Bonchev–Trinajstić information content (AvgIpc) is 3.45. The second kappa shape index (κ2) is 7.22. The number of ether oxygens (including phenoxy) is 3. The first kappa shape index (κ1) is 18.2. The second-order valence-corrected chi connectivity index (χ2v) is 6.94. The fourth-order valence-electron chi connectivity index (χ4n) is 3.82. The van der Waals surface area contributed by atoms with Crippen LogP contribution in [-0.2, 0) is 12.8 Å². The van der Waals surface area contributed by atoms with E-state index < -0.39 is 0 Å². The predicted octanol–water partition coefficient (Wildman–Crippen LogP) is 3.92. The third kappa shape index (κ3) is 2.88. The summed E-state index contributed by atoms with van der Waals surface area (Å²) in [6.07, 6.45) is 1.72. The Balaban J connectivity index is 1.51. The molecular weight excluding hydrogens is 384 g/mol. The smallest absolute Gasteiger partial charge is 0.276 e. The monoisotopic (exact) mass is 404 g/mol. The van der Waals surface area contributed by atoms with E-state index in [0.717, 1.165) is 46.7 Å². The van der Waals surface area contributed by atoms with Crippen LogP contribution in [0.1, 0.15) is 11.1 Å². The number of H-pyrrole nitrogens is 1. The molecule has 0 bridgehead atoms. The highest BCUT2D eigenvalue weighted by atomic mass is 16.5.